The number of benzene rings is 6. The number of phenols is 2. The number of phenolic OH excluding ortho intramolecular Hbond substituents is 2. The van der Waals surface area contributed by atoms with Crippen LogP contribution in [0, 0.1) is 19.7 Å². The van der Waals surface area contributed by atoms with Gasteiger partial charge in [-0.25, -0.2) is 14.4 Å². The molecule has 2 heterocycles. The van der Waals surface area contributed by atoms with Gasteiger partial charge in [-0.15, -0.1) is 0 Å². The average Bonchev–Trinajstić information content (AvgIpc) is 3.27. The van der Waals surface area contributed by atoms with Crippen LogP contribution in [0.2, 0.25) is 0 Å². The molecule has 0 unspecified atom stereocenters. The quantitative estimate of drug-likeness (QED) is 0.133. The van der Waals surface area contributed by atoms with Gasteiger partial charge in [0.05, 0.1) is 39.2 Å². The molecule has 12 heteroatoms. The van der Waals surface area contributed by atoms with Crippen LogP contribution in [0.3, 0.4) is 0 Å². The van der Waals surface area contributed by atoms with E-state index >= 15 is 0 Å². The lowest BCUT2D eigenvalue weighted by Gasteiger charge is -2.17. The van der Waals surface area contributed by atoms with Gasteiger partial charge in [-0.1, -0.05) is 109 Å². The van der Waals surface area contributed by atoms with E-state index in [1.807, 2.05) is 60.7 Å². The molecule has 63 heavy (non-hydrogen) atoms. The van der Waals surface area contributed by atoms with Gasteiger partial charge in [0, 0.05) is 13.1 Å². The summed E-state index contributed by atoms with van der Waals surface area (Å²) in [5.74, 6) is 0.330. The van der Waals surface area contributed by atoms with E-state index in [9.17, 15) is 37.4 Å². The summed E-state index contributed by atoms with van der Waals surface area (Å²) in [6, 6.07) is 43.3. The Balaban J connectivity index is 0.000000190. The van der Waals surface area contributed by atoms with Crippen molar-refractivity contribution < 1.29 is 27.8 Å². The Morgan fingerprint density at radius 1 is 0.524 bits per heavy atom. The van der Waals surface area contributed by atoms with Crippen LogP contribution in [0.5, 0.6) is 11.5 Å². The minimum Gasteiger partial charge on any atom is -0.507 e. The number of hydrogen-bond acceptors (Lipinski definition) is 6. The molecule has 2 aromatic heterocycles. The van der Waals surface area contributed by atoms with Crippen molar-refractivity contribution in [3.8, 4) is 56.5 Å². The third-order valence-corrected chi connectivity index (χ3v) is 10.5. The van der Waals surface area contributed by atoms with Crippen molar-refractivity contribution in [1.82, 2.24) is 19.1 Å². The smallest absolute Gasteiger partial charge is 0.416 e. The molecule has 318 valence electrons. The summed E-state index contributed by atoms with van der Waals surface area (Å²) < 4.78 is 55.8. The SMILES string of the molecule is Cc1nc(-c2ccccc2O)n(CCc2ccccc2)c(=O)c1-c1ccc(C(F)(F)F)cc1.Cc1nc(-c2ccccc2O)n(CCc2ccccc2)c(=O)c1-c1cccc(F)c1. The molecule has 8 rings (SSSR count). The van der Waals surface area contributed by atoms with Gasteiger partial charge in [0.15, 0.2) is 0 Å². The van der Waals surface area contributed by atoms with Gasteiger partial charge in [0.1, 0.15) is 29.0 Å². The zero-order chi connectivity index (χ0) is 44.7. The number of aryl methyl sites for hydroxylation is 4. The number of aromatic hydroxyl groups is 2. The Hall–Kier alpha value is -7.60. The number of halogens is 4. The fraction of sp³-hybridized carbons (Fsp3) is 0.137. The van der Waals surface area contributed by atoms with Gasteiger partial charge >= 0.3 is 6.18 Å². The van der Waals surface area contributed by atoms with Crippen LogP contribution in [0.25, 0.3) is 45.0 Å². The second kappa shape index (κ2) is 19.0. The van der Waals surface area contributed by atoms with Crippen LogP contribution in [0.1, 0.15) is 28.1 Å². The number of hydrogen-bond donors (Lipinski definition) is 2. The highest BCUT2D eigenvalue weighted by Gasteiger charge is 2.30. The maximum Gasteiger partial charge on any atom is 0.416 e. The lowest BCUT2D eigenvalue weighted by Crippen LogP contribution is -2.27. The first kappa shape index (κ1) is 43.5. The minimum absolute atomic E-state index is 0.0143. The topological polar surface area (TPSA) is 110 Å². The highest BCUT2D eigenvalue weighted by Crippen LogP contribution is 2.33. The van der Waals surface area contributed by atoms with E-state index in [1.54, 1.807) is 73.0 Å². The molecule has 8 nitrogen and oxygen atoms in total. The van der Waals surface area contributed by atoms with Gasteiger partial charge in [-0.05, 0) is 97.5 Å². The molecule has 0 fully saturated rings. The fourth-order valence-corrected chi connectivity index (χ4v) is 7.38. The molecule has 0 atom stereocenters. The molecule has 0 bridgehead atoms. The van der Waals surface area contributed by atoms with E-state index in [0.717, 1.165) is 23.3 Å². The van der Waals surface area contributed by atoms with Crippen molar-refractivity contribution in [3.05, 3.63) is 212 Å². The third kappa shape index (κ3) is 9.97. The monoisotopic (exact) mass is 850 g/mol. The molecule has 8 aromatic rings. The lowest BCUT2D eigenvalue weighted by atomic mass is 10.0. The summed E-state index contributed by atoms with van der Waals surface area (Å²) >= 11 is 0. The molecule has 2 N–H and O–H groups in total. The number of para-hydroxylation sites is 2. The van der Waals surface area contributed by atoms with Gasteiger partial charge < -0.3 is 10.2 Å². The van der Waals surface area contributed by atoms with Crippen molar-refractivity contribution in [2.75, 3.05) is 0 Å². The zero-order valence-electron chi connectivity index (χ0n) is 34.4. The van der Waals surface area contributed by atoms with Gasteiger partial charge in [0.25, 0.3) is 11.1 Å². The molecule has 0 amide bonds. The molecule has 0 spiro atoms. The molecule has 6 aromatic carbocycles. The maximum absolute atomic E-state index is 13.8. The number of aromatic nitrogens is 4. The first-order chi connectivity index (χ1) is 30.3. The Morgan fingerprint density at radius 2 is 0.952 bits per heavy atom. The molecular weight excluding hydrogens is 809 g/mol. The molecule has 0 aliphatic rings. The van der Waals surface area contributed by atoms with Crippen molar-refractivity contribution in [3.63, 3.8) is 0 Å². The molecule has 0 saturated heterocycles. The normalized spacial score (nSPS) is 11.2. The Morgan fingerprint density at radius 3 is 1.38 bits per heavy atom. The number of alkyl halides is 3. The van der Waals surface area contributed by atoms with E-state index in [4.69, 9.17) is 0 Å². The minimum atomic E-state index is -4.46. The van der Waals surface area contributed by atoms with Crippen molar-refractivity contribution in [2.24, 2.45) is 0 Å². The summed E-state index contributed by atoms with van der Waals surface area (Å²) in [5.41, 5.74) is 3.86. The van der Waals surface area contributed by atoms with Gasteiger partial charge in [0.2, 0.25) is 0 Å². The molecule has 0 radical (unpaired) electrons. The molecule has 0 saturated carbocycles. The van der Waals surface area contributed by atoms with Crippen LogP contribution in [0.4, 0.5) is 17.6 Å². The predicted octanol–water partition coefficient (Wildman–Crippen LogP) is 10.8. The standard InChI is InChI=1S/C26H21F3N2O2.C25H21FN2O2/c1-17-23(19-11-13-20(14-12-19)26(27,28)29)25(33)31(16-15-18-7-3-2-4-8-18)24(30-17)21-9-5-6-10-22(21)32;1-17-23(19-10-7-11-20(26)16-19)25(30)28(15-14-18-8-3-2-4-9-18)24(27-17)21-12-5-6-13-22(21)29/h2-14,32H,15-16H2,1H3;2-13,16,29H,14-15H2,1H3. The molecule has 0 aliphatic carbocycles. The zero-order valence-corrected chi connectivity index (χ0v) is 34.4. The Kier molecular flexibility index (Phi) is 13.1. The van der Waals surface area contributed by atoms with E-state index in [2.05, 4.69) is 9.97 Å². The highest BCUT2D eigenvalue weighted by molar-refractivity contribution is 5.71. The molecule has 0 aliphatic heterocycles. The van der Waals surface area contributed by atoms with E-state index in [-0.39, 0.29) is 34.7 Å². The van der Waals surface area contributed by atoms with Crippen molar-refractivity contribution in [2.45, 2.75) is 46.0 Å². The van der Waals surface area contributed by atoms with Crippen molar-refractivity contribution in [1.29, 1.82) is 0 Å². The summed E-state index contributed by atoms with van der Waals surface area (Å²) in [6.45, 7) is 4.03. The lowest BCUT2D eigenvalue weighted by molar-refractivity contribution is -0.137. The Labute approximate surface area is 360 Å². The third-order valence-electron chi connectivity index (χ3n) is 10.5. The predicted molar refractivity (Wildman–Crippen MR) is 237 cm³/mol. The first-order valence-corrected chi connectivity index (χ1v) is 20.1. The fourth-order valence-electron chi connectivity index (χ4n) is 7.38. The van der Waals surface area contributed by atoms with E-state index in [1.165, 1.54) is 34.9 Å². The number of rotatable bonds is 10. The van der Waals surface area contributed by atoms with Crippen LogP contribution < -0.4 is 11.1 Å². The van der Waals surface area contributed by atoms with E-state index in [0.29, 0.717) is 70.2 Å². The average molecular weight is 851 g/mol. The summed E-state index contributed by atoms with van der Waals surface area (Å²) in [5, 5.41) is 20.8. The van der Waals surface area contributed by atoms with Crippen LogP contribution in [0.15, 0.2) is 167 Å². The maximum atomic E-state index is 13.8. The van der Waals surface area contributed by atoms with Crippen LogP contribution in [-0.4, -0.2) is 29.3 Å². The summed E-state index contributed by atoms with van der Waals surface area (Å²) in [4.78, 5) is 36.4. The summed E-state index contributed by atoms with van der Waals surface area (Å²) in [6.07, 6.45) is -3.30. The second-order valence-corrected chi connectivity index (χ2v) is 14.8. The number of nitrogens with zero attached hydrogens (tertiary/aromatic N) is 4. The van der Waals surface area contributed by atoms with E-state index < -0.39 is 17.6 Å². The first-order valence-electron chi connectivity index (χ1n) is 20.1. The van der Waals surface area contributed by atoms with Gasteiger partial charge in [-0.2, -0.15) is 13.2 Å². The van der Waals surface area contributed by atoms with Crippen LogP contribution in [-0.2, 0) is 32.1 Å². The van der Waals surface area contributed by atoms with Crippen molar-refractivity contribution >= 4 is 0 Å². The highest BCUT2D eigenvalue weighted by atomic mass is 19.4. The Bertz CT molecular complexity index is 2990. The summed E-state index contributed by atoms with van der Waals surface area (Å²) in [7, 11) is 0. The van der Waals surface area contributed by atoms with Crippen LogP contribution >= 0.6 is 0 Å². The van der Waals surface area contributed by atoms with Gasteiger partial charge in [-0.3, -0.25) is 18.7 Å². The largest absolute Gasteiger partial charge is 0.507 e. The second-order valence-electron chi connectivity index (χ2n) is 14.8. The molecular formula is C51H42F4N4O4.